The van der Waals surface area contributed by atoms with E-state index in [1.54, 1.807) is 30.3 Å². The lowest BCUT2D eigenvalue weighted by Crippen LogP contribution is -2.40. The third-order valence-corrected chi connectivity index (χ3v) is 6.60. The summed E-state index contributed by atoms with van der Waals surface area (Å²) in [6, 6.07) is 12.5. The maximum absolute atomic E-state index is 12.8. The number of hydrogen-bond acceptors (Lipinski definition) is 7. The number of ether oxygens (including phenoxy) is 1. The Morgan fingerprint density at radius 1 is 1.09 bits per heavy atom. The maximum atomic E-state index is 12.8. The summed E-state index contributed by atoms with van der Waals surface area (Å²) in [6.45, 7) is 5.28. The molecule has 0 bridgehead atoms. The zero-order valence-corrected chi connectivity index (χ0v) is 18.1. The molecule has 0 radical (unpaired) electrons. The van der Waals surface area contributed by atoms with Crippen LogP contribution >= 0.6 is 0 Å². The van der Waals surface area contributed by atoms with Crippen LogP contribution in [0.1, 0.15) is 15.9 Å². The molecule has 9 nitrogen and oxygen atoms in total. The van der Waals surface area contributed by atoms with Gasteiger partial charge in [0, 0.05) is 24.3 Å². The summed E-state index contributed by atoms with van der Waals surface area (Å²) in [4.78, 5) is 15.6. The van der Waals surface area contributed by atoms with Crippen LogP contribution in [0.25, 0.3) is 0 Å². The maximum Gasteiger partial charge on any atom is 0.335 e. The number of nitrogens with two attached hydrogens (primary N) is 1. The molecule has 4 N–H and O–H groups in total. The zero-order chi connectivity index (χ0) is 23.1. The van der Waals surface area contributed by atoms with E-state index in [1.165, 1.54) is 34.8 Å². The number of allylic oxidation sites excluding steroid dienone is 1. The van der Waals surface area contributed by atoms with Crippen LogP contribution in [0.4, 0.5) is 5.69 Å². The SMILES string of the molecule is C=C(N=C(/C=C\N)c1ccc(S(=O)(=O)N2CCOCC2)cc1)Nc1ccc(C(=O)O)cc1. The van der Waals surface area contributed by atoms with Gasteiger partial charge in [-0.05, 0) is 48.7 Å². The third kappa shape index (κ3) is 5.61. The number of nitrogens with one attached hydrogen (secondary N) is 1. The number of rotatable bonds is 8. The molecule has 0 spiro atoms. The van der Waals surface area contributed by atoms with Gasteiger partial charge in [0.15, 0.2) is 0 Å². The predicted molar refractivity (Wildman–Crippen MR) is 122 cm³/mol. The van der Waals surface area contributed by atoms with Gasteiger partial charge in [0.25, 0.3) is 0 Å². The summed E-state index contributed by atoms with van der Waals surface area (Å²) in [7, 11) is -3.59. The van der Waals surface area contributed by atoms with E-state index in [0.29, 0.717) is 49.1 Å². The Labute approximate surface area is 186 Å². The second kappa shape index (κ2) is 10.2. The number of nitrogens with zero attached hydrogens (tertiary/aromatic N) is 2. The van der Waals surface area contributed by atoms with Gasteiger partial charge in [-0.2, -0.15) is 4.31 Å². The summed E-state index contributed by atoms with van der Waals surface area (Å²) in [5, 5.41) is 12.0. The lowest BCUT2D eigenvalue weighted by atomic mass is 10.1. The minimum Gasteiger partial charge on any atom is -0.478 e. The van der Waals surface area contributed by atoms with E-state index in [9.17, 15) is 13.2 Å². The van der Waals surface area contributed by atoms with Crippen molar-refractivity contribution in [2.45, 2.75) is 4.90 Å². The van der Waals surface area contributed by atoms with Gasteiger partial charge in [0.1, 0.15) is 5.82 Å². The quantitative estimate of drug-likeness (QED) is 0.519. The Hall–Kier alpha value is -3.47. The third-order valence-electron chi connectivity index (χ3n) is 4.69. The summed E-state index contributed by atoms with van der Waals surface area (Å²) >= 11 is 0. The van der Waals surface area contributed by atoms with Crippen molar-refractivity contribution in [3.8, 4) is 0 Å². The molecule has 0 amide bonds. The van der Waals surface area contributed by atoms with Crippen LogP contribution in [0.3, 0.4) is 0 Å². The Morgan fingerprint density at radius 2 is 1.69 bits per heavy atom. The summed E-state index contributed by atoms with van der Waals surface area (Å²) in [6.07, 6.45) is 2.90. The van der Waals surface area contributed by atoms with Crippen molar-refractivity contribution in [2.24, 2.45) is 10.7 Å². The van der Waals surface area contributed by atoms with Gasteiger partial charge in [-0.25, -0.2) is 18.2 Å². The minimum atomic E-state index is -3.59. The molecule has 1 fully saturated rings. The van der Waals surface area contributed by atoms with Crippen LogP contribution in [0.15, 0.2) is 83.1 Å². The first-order chi connectivity index (χ1) is 15.3. The van der Waals surface area contributed by atoms with Crippen molar-refractivity contribution < 1.29 is 23.1 Å². The van der Waals surface area contributed by atoms with E-state index in [0.717, 1.165) is 0 Å². The van der Waals surface area contributed by atoms with Crippen molar-refractivity contribution >= 4 is 27.4 Å². The molecule has 168 valence electrons. The number of aliphatic imine (C=N–C) groups is 1. The highest BCUT2D eigenvalue weighted by atomic mass is 32.2. The van der Waals surface area contributed by atoms with E-state index in [4.69, 9.17) is 15.6 Å². The second-order valence-electron chi connectivity index (χ2n) is 6.85. The van der Waals surface area contributed by atoms with Crippen LogP contribution in [-0.2, 0) is 14.8 Å². The first-order valence-electron chi connectivity index (χ1n) is 9.76. The van der Waals surface area contributed by atoms with E-state index < -0.39 is 16.0 Å². The van der Waals surface area contributed by atoms with Crippen molar-refractivity contribution in [3.63, 3.8) is 0 Å². The fourth-order valence-electron chi connectivity index (χ4n) is 3.06. The van der Waals surface area contributed by atoms with Crippen molar-refractivity contribution in [1.82, 2.24) is 4.31 Å². The standard InChI is InChI=1S/C22H24N4O5S/c1-16(24-19-6-2-18(3-7-19)22(27)28)25-21(10-11-23)17-4-8-20(9-5-17)32(29,30)26-12-14-31-15-13-26/h2-11,24H,1,12-15,23H2,(H,27,28)/b11-10-,25-21?. The minimum absolute atomic E-state index is 0.170. The molecular formula is C22H24N4O5S. The van der Waals surface area contributed by atoms with E-state index in [2.05, 4.69) is 16.9 Å². The lowest BCUT2D eigenvalue weighted by Gasteiger charge is -2.26. The molecule has 0 unspecified atom stereocenters. The molecule has 2 aromatic carbocycles. The van der Waals surface area contributed by atoms with Gasteiger partial charge in [-0.1, -0.05) is 18.7 Å². The van der Waals surface area contributed by atoms with Crippen LogP contribution in [0.5, 0.6) is 0 Å². The Bertz CT molecular complexity index is 1130. The first-order valence-corrected chi connectivity index (χ1v) is 11.2. The number of carbonyl (C=O) groups is 1. The Balaban J connectivity index is 1.77. The fraction of sp³-hybridized carbons (Fsp3) is 0.182. The molecule has 10 heteroatoms. The van der Waals surface area contributed by atoms with Crippen LogP contribution in [0.2, 0.25) is 0 Å². The number of carboxylic acids is 1. The van der Waals surface area contributed by atoms with Crippen molar-refractivity contribution in [1.29, 1.82) is 0 Å². The van der Waals surface area contributed by atoms with Gasteiger partial charge in [-0.3, -0.25) is 0 Å². The van der Waals surface area contributed by atoms with E-state index >= 15 is 0 Å². The molecular weight excluding hydrogens is 432 g/mol. The number of sulfonamides is 1. The Morgan fingerprint density at radius 3 is 2.25 bits per heavy atom. The first kappa shape index (κ1) is 23.2. The number of aromatic carboxylic acids is 1. The molecule has 3 rings (SSSR count). The van der Waals surface area contributed by atoms with E-state index in [-0.39, 0.29) is 10.5 Å². The molecule has 1 heterocycles. The zero-order valence-electron chi connectivity index (χ0n) is 17.3. The molecule has 0 saturated carbocycles. The molecule has 1 aliphatic rings. The highest BCUT2D eigenvalue weighted by Crippen LogP contribution is 2.19. The average Bonchev–Trinajstić information content (AvgIpc) is 2.80. The predicted octanol–water partition coefficient (Wildman–Crippen LogP) is 2.25. The number of anilines is 1. The molecule has 32 heavy (non-hydrogen) atoms. The molecule has 2 aromatic rings. The number of carboxylic acid groups (broad SMARTS) is 1. The van der Waals surface area contributed by atoms with Gasteiger partial charge in [0.05, 0.1) is 29.4 Å². The highest BCUT2D eigenvalue weighted by molar-refractivity contribution is 7.89. The number of benzene rings is 2. The lowest BCUT2D eigenvalue weighted by molar-refractivity contribution is 0.0697. The number of hydrogen-bond donors (Lipinski definition) is 3. The molecule has 0 atom stereocenters. The van der Waals surface area contributed by atoms with E-state index in [1.807, 2.05) is 0 Å². The topological polar surface area (TPSA) is 134 Å². The average molecular weight is 457 g/mol. The highest BCUT2D eigenvalue weighted by Gasteiger charge is 2.26. The number of morpholine rings is 1. The van der Waals surface area contributed by atoms with Gasteiger partial charge in [0.2, 0.25) is 10.0 Å². The van der Waals surface area contributed by atoms with Crippen LogP contribution < -0.4 is 11.1 Å². The summed E-state index contributed by atoms with van der Waals surface area (Å²) in [5.74, 6) is -0.714. The van der Waals surface area contributed by atoms with Crippen molar-refractivity contribution in [3.05, 3.63) is 84.3 Å². The largest absolute Gasteiger partial charge is 0.478 e. The summed E-state index contributed by atoms with van der Waals surface area (Å²) < 4.78 is 32.2. The van der Waals surface area contributed by atoms with Gasteiger partial charge in [-0.15, -0.1) is 0 Å². The fourth-order valence-corrected chi connectivity index (χ4v) is 4.47. The molecule has 0 aliphatic carbocycles. The van der Waals surface area contributed by atoms with Gasteiger partial charge < -0.3 is 20.9 Å². The monoisotopic (exact) mass is 456 g/mol. The smallest absolute Gasteiger partial charge is 0.335 e. The van der Waals surface area contributed by atoms with Crippen molar-refractivity contribution in [2.75, 3.05) is 31.6 Å². The summed E-state index contributed by atoms with van der Waals surface area (Å²) in [5.41, 5.74) is 7.47. The second-order valence-corrected chi connectivity index (χ2v) is 8.79. The Kier molecular flexibility index (Phi) is 7.41. The van der Waals surface area contributed by atoms with Crippen LogP contribution in [-0.4, -0.2) is 55.8 Å². The molecule has 1 saturated heterocycles. The normalized spacial score (nSPS) is 15.6. The molecule has 0 aromatic heterocycles. The van der Waals surface area contributed by atoms with Crippen LogP contribution in [0, 0.1) is 0 Å². The molecule has 1 aliphatic heterocycles. The van der Waals surface area contributed by atoms with Gasteiger partial charge >= 0.3 is 5.97 Å².